The van der Waals surface area contributed by atoms with E-state index in [0.29, 0.717) is 22.4 Å². The Balaban J connectivity index is 3.33. The number of aliphatic carboxylic acids is 1. The van der Waals surface area contributed by atoms with Crippen LogP contribution in [0.1, 0.15) is 21.5 Å². The van der Waals surface area contributed by atoms with Crippen molar-refractivity contribution in [2.75, 3.05) is 14.2 Å². The van der Waals surface area contributed by atoms with Gasteiger partial charge < -0.3 is 14.6 Å². The average Bonchev–Trinajstić information content (AvgIpc) is 2.35. The van der Waals surface area contributed by atoms with E-state index in [2.05, 4.69) is 4.74 Å². The molecule has 0 aliphatic rings. The van der Waals surface area contributed by atoms with E-state index in [1.165, 1.54) is 20.3 Å². The third-order valence-corrected chi connectivity index (χ3v) is 2.48. The summed E-state index contributed by atoms with van der Waals surface area (Å²) in [5.74, 6) is -1.17. The van der Waals surface area contributed by atoms with Crippen LogP contribution in [-0.4, -0.2) is 31.3 Å². The van der Waals surface area contributed by atoms with Gasteiger partial charge in [-0.15, -0.1) is 0 Å². The largest absolute Gasteiger partial charge is 0.496 e. The molecule has 1 N–H and O–H groups in total. The number of ether oxygens (including phenoxy) is 2. The lowest BCUT2D eigenvalue weighted by Crippen LogP contribution is -2.07. The van der Waals surface area contributed by atoms with Gasteiger partial charge in [-0.05, 0) is 30.2 Å². The molecule has 0 aliphatic heterocycles. The Morgan fingerprint density at radius 2 is 1.94 bits per heavy atom. The number of esters is 1. The van der Waals surface area contributed by atoms with Crippen LogP contribution in [0.2, 0.25) is 0 Å². The van der Waals surface area contributed by atoms with Crippen molar-refractivity contribution in [3.63, 3.8) is 0 Å². The third kappa shape index (κ3) is 2.88. The molecule has 1 aromatic carbocycles. The molecule has 0 saturated carbocycles. The Kier molecular flexibility index (Phi) is 4.48. The fraction of sp³-hybridized carbons (Fsp3) is 0.231. The summed E-state index contributed by atoms with van der Waals surface area (Å²) < 4.78 is 9.77. The first-order valence-electron chi connectivity index (χ1n) is 5.18. The summed E-state index contributed by atoms with van der Waals surface area (Å²) in [5.41, 5.74) is 1.53. The van der Waals surface area contributed by atoms with Crippen molar-refractivity contribution < 1.29 is 24.2 Å². The van der Waals surface area contributed by atoms with Gasteiger partial charge >= 0.3 is 11.9 Å². The van der Waals surface area contributed by atoms with Crippen molar-refractivity contribution in [2.45, 2.75) is 6.92 Å². The quantitative estimate of drug-likeness (QED) is 0.652. The summed E-state index contributed by atoms with van der Waals surface area (Å²) in [5, 5.41) is 8.59. The molecule has 5 heteroatoms. The zero-order chi connectivity index (χ0) is 13.7. The molecule has 0 heterocycles. The van der Waals surface area contributed by atoms with E-state index < -0.39 is 11.9 Å². The molecule has 0 bridgehead atoms. The van der Waals surface area contributed by atoms with Crippen molar-refractivity contribution >= 4 is 18.0 Å². The molecule has 5 nitrogen and oxygen atoms in total. The summed E-state index contributed by atoms with van der Waals surface area (Å²) in [4.78, 5) is 22.1. The molecule has 1 rings (SSSR count). The van der Waals surface area contributed by atoms with Crippen molar-refractivity contribution in [3.05, 3.63) is 34.9 Å². The SMILES string of the molecule is COC(=O)c1c(OC)ccc(/C=C/C(=O)O)c1C. The Hall–Kier alpha value is -2.30. The first-order chi connectivity index (χ1) is 8.51. The Morgan fingerprint density at radius 3 is 2.44 bits per heavy atom. The number of hydrogen-bond donors (Lipinski definition) is 1. The molecule has 18 heavy (non-hydrogen) atoms. The molecule has 1 aromatic rings. The van der Waals surface area contributed by atoms with Gasteiger partial charge in [0.15, 0.2) is 0 Å². The lowest BCUT2D eigenvalue weighted by molar-refractivity contribution is -0.131. The highest BCUT2D eigenvalue weighted by Gasteiger charge is 2.17. The fourth-order valence-electron chi connectivity index (χ4n) is 1.57. The number of carbonyl (C=O) groups is 2. The average molecular weight is 250 g/mol. The first kappa shape index (κ1) is 13.8. The standard InChI is InChI=1S/C13H14O5/c1-8-9(5-7-11(14)15)4-6-10(17-2)12(8)13(16)18-3/h4-7H,1-3H3,(H,14,15)/b7-5+. The predicted molar refractivity (Wildman–Crippen MR) is 65.7 cm³/mol. The number of carboxylic acids is 1. The highest BCUT2D eigenvalue weighted by atomic mass is 16.5. The van der Waals surface area contributed by atoms with Crippen LogP contribution >= 0.6 is 0 Å². The summed E-state index contributed by atoms with van der Waals surface area (Å²) in [6.07, 6.45) is 2.43. The zero-order valence-corrected chi connectivity index (χ0v) is 10.4. The smallest absolute Gasteiger partial charge is 0.341 e. The Morgan fingerprint density at radius 1 is 1.28 bits per heavy atom. The van der Waals surface area contributed by atoms with Gasteiger partial charge in [0.25, 0.3) is 0 Å². The minimum absolute atomic E-state index is 0.299. The van der Waals surface area contributed by atoms with E-state index in [1.807, 2.05) is 0 Å². The second kappa shape index (κ2) is 5.86. The number of methoxy groups -OCH3 is 2. The van der Waals surface area contributed by atoms with Crippen LogP contribution in [0.15, 0.2) is 18.2 Å². The van der Waals surface area contributed by atoms with E-state index in [9.17, 15) is 9.59 Å². The first-order valence-corrected chi connectivity index (χ1v) is 5.18. The molecule has 0 spiro atoms. The summed E-state index contributed by atoms with van der Waals surface area (Å²) >= 11 is 0. The number of carbonyl (C=O) groups excluding carboxylic acids is 1. The molecule has 0 aromatic heterocycles. The van der Waals surface area contributed by atoms with Crippen molar-refractivity contribution in [1.82, 2.24) is 0 Å². The van der Waals surface area contributed by atoms with Crippen LogP contribution in [-0.2, 0) is 9.53 Å². The molecule has 0 aliphatic carbocycles. The highest BCUT2D eigenvalue weighted by molar-refractivity contribution is 5.96. The second-order valence-electron chi connectivity index (χ2n) is 3.52. The lowest BCUT2D eigenvalue weighted by Gasteiger charge is -2.11. The maximum Gasteiger partial charge on any atom is 0.341 e. The fourth-order valence-corrected chi connectivity index (χ4v) is 1.57. The van der Waals surface area contributed by atoms with Gasteiger partial charge in [0.05, 0.1) is 14.2 Å². The van der Waals surface area contributed by atoms with E-state index in [0.717, 1.165) is 6.08 Å². The van der Waals surface area contributed by atoms with Crippen molar-refractivity contribution in [2.24, 2.45) is 0 Å². The molecule has 0 radical (unpaired) electrons. The normalized spacial score (nSPS) is 10.4. The van der Waals surface area contributed by atoms with Crippen LogP contribution < -0.4 is 4.74 Å². The van der Waals surface area contributed by atoms with E-state index in [-0.39, 0.29) is 0 Å². The van der Waals surface area contributed by atoms with Gasteiger partial charge in [0.2, 0.25) is 0 Å². The predicted octanol–water partition coefficient (Wildman–Crippen LogP) is 1.89. The molecule has 0 saturated heterocycles. The Bertz CT molecular complexity index is 502. The van der Waals surface area contributed by atoms with Crippen LogP contribution in [0.5, 0.6) is 5.75 Å². The van der Waals surface area contributed by atoms with Crippen LogP contribution in [0, 0.1) is 6.92 Å². The topological polar surface area (TPSA) is 72.8 Å². The van der Waals surface area contributed by atoms with Crippen molar-refractivity contribution in [3.8, 4) is 5.75 Å². The summed E-state index contributed by atoms with van der Waals surface area (Å²) in [6, 6.07) is 3.28. The Labute approximate surface area is 105 Å². The zero-order valence-electron chi connectivity index (χ0n) is 10.4. The summed E-state index contributed by atoms with van der Waals surface area (Å²) in [7, 11) is 2.73. The maximum atomic E-state index is 11.7. The van der Waals surface area contributed by atoms with Gasteiger partial charge in [0, 0.05) is 6.08 Å². The number of carboxylic acid groups (broad SMARTS) is 1. The van der Waals surface area contributed by atoms with Gasteiger partial charge in [-0.25, -0.2) is 9.59 Å². The molecule has 0 atom stereocenters. The van der Waals surface area contributed by atoms with Crippen LogP contribution in [0.25, 0.3) is 6.08 Å². The number of hydrogen-bond acceptors (Lipinski definition) is 4. The van der Waals surface area contributed by atoms with Gasteiger partial charge in [-0.1, -0.05) is 6.07 Å². The van der Waals surface area contributed by atoms with Crippen LogP contribution in [0.3, 0.4) is 0 Å². The molecular weight excluding hydrogens is 236 g/mol. The van der Waals surface area contributed by atoms with Crippen LogP contribution in [0.4, 0.5) is 0 Å². The lowest BCUT2D eigenvalue weighted by atomic mass is 10.0. The molecule has 0 amide bonds. The molecule has 0 fully saturated rings. The molecular formula is C13H14O5. The molecule has 96 valence electrons. The second-order valence-corrected chi connectivity index (χ2v) is 3.52. The highest BCUT2D eigenvalue weighted by Crippen LogP contribution is 2.26. The number of benzene rings is 1. The molecule has 0 unspecified atom stereocenters. The van der Waals surface area contributed by atoms with E-state index in [4.69, 9.17) is 9.84 Å². The van der Waals surface area contributed by atoms with E-state index in [1.54, 1.807) is 19.1 Å². The monoisotopic (exact) mass is 250 g/mol. The maximum absolute atomic E-state index is 11.7. The summed E-state index contributed by atoms with van der Waals surface area (Å²) in [6.45, 7) is 1.70. The number of rotatable bonds is 4. The van der Waals surface area contributed by atoms with E-state index >= 15 is 0 Å². The van der Waals surface area contributed by atoms with Gasteiger partial charge in [-0.3, -0.25) is 0 Å². The minimum atomic E-state index is -1.05. The van der Waals surface area contributed by atoms with Gasteiger partial charge in [0.1, 0.15) is 11.3 Å². The van der Waals surface area contributed by atoms with Crippen molar-refractivity contribution in [1.29, 1.82) is 0 Å². The third-order valence-electron chi connectivity index (χ3n) is 2.48. The van der Waals surface area contributed by atoms with Gasteiger partial charge in [-0.2, -0.15) is 0 Å². The minimum Gasteiger partial charge on any atom is -0.496 e.